The molecule has 5 nitrogen and oxygen atoms in total. The first-order valence-electron chi connectivity index (χ1n) is 8.62. The molecule has 2 aromatic carbocycles. The Labute approximate surface area is 156 Å². The molecule has 6 heteroatoms. The zero-order valence-electron chi connectivity index (χ0n) is 15.7. The third-order valence-corrected chi connectivity index (χ3v) is 5.56. The quantitative estimate of drug-likeness (QED) is 0.809. The molecule has 0 aromatic heterocycles. The monoisotopic (exact) mass is 374 g/mol. The Morgan fingerprint density at radius 3 is 2.27 bits per heavy atom. The highest BCUT2D eigenvalue weighted by Crippen LogP contribution is 2.25. The molecule has 0 aliphatic carbocycles. The SMILES string of the molecule is CCC(C(=O)NCc1ccccc1)N(c1ccc(C)c(C)c1)S(C)(=O)=O. The number of rotatable bonds is 7. The van der Waals surface area contributed by atoms with Crippen LogP contribution >= 0.6 is 0 Å². The summed E-state index contributed by atoms with van der Waals surface area (Å²) in [5.74, 6) is -0.306. The minimum Gasteiger partial charge on any atom is -0.350 e. The lowest BCUT2D eigenvalue weighted by atomic mass is 10.1. The van der Waals surface area contributed by atoms with E-state index >= 15 is 0 Å². The topological polar surface area (TPSA) is 66.5 Å². The Balaban J connectivity index is 2.29. The molecule has 0 bridgehead atoms. The van der Waals surface area contributed by atoms with E-state index in [1.807, 2.05) is 63.2 Å². The lowest BCUT2D eigenvalue weighted by molar-refractivity contribution is -0.122. The summed E-state index contributed by atoms with van der Waals surface area (Å²) >= 11 is 0. The highest BCUT2D eigenvalue weighted by molar-refractivity contribution is 7.92. The first-order chi connectivity index (χ1) is 12.2. The van der Waals surface area contributed by atoms with Crippen molar-refractivity contribution < 1.29 is 13.2 Å². The molecule has 2 rings (SSSR count). The van der Waals surface area contributed by atoms with Crippen molar-refractivity contribution in [1.82, 2.24) is 5.32 Å². The van der Waals surface area contributed by atoms with Gasteiger partial charge in [0.25, 0.3) is 0 Å². The van der Waals surface area contributed by atoms with Crippen LogP contribution in [0, 0.1) is 13.8 Å². The Morgan fingerprint density at radius 1 is 1.08 bits per heavy atom. The van der Waals surface area contributed by atoms with Crippen LogP contribution in [0.15, 0.2) is 48.5 Å². The Kier molecular flexibility index (Phi) is 6.42. The first-order valence-corrected chi connectivity index (χ1v) is 10.5. The fraction of sp³-hybridized carbons (Fsp3) is 0.350. The predicted molar refractivity (Wildman–Crippen MR) is 106 cm³/mol. The Bertz CT molecular complexity index is 864. The van der Waals surface area contributed by atoms with E-state index in [4.69, 9.17) is 0 Å². The third kappa shape index (κ3) is 4.85. The average molecular weight is 375 g/mol. The summed E-state index contributed by atoms with van der Waals surface area (Å²) in [5.41, 5.74) is 3.53. The maximum absolute atomic E-state index is 12.7. The summed E-state index contributed by atoms with van der Waals surface area (Å²) in [6.07, 6.45) is 1.51. The van der Waals surface area contributed by atoms with Gasteiger partial charge in [-0.25, -0.2) is 8.42 Å². The Morgan fingerprint density at radius 2 is 1.73 bits per heavy atom. The van der Waals surface area contributed by atoms with E-state index in [1.165, 1.54) is 4.31 Å². The van der Waals surface area contributed by atoms with Gasteiger partial charge >= 0.3 is 0 Å². The second-order valence-electron chi connectivity index (χ2n) is 6.45. The van der Waals surface area contributed by atoms with Crippen molar-refractivity contribution in [3.8, 4) is 0 Å². The van der Waals surface area contributed by atoms with E-state index in [0.29, 0.717) is 18.7 Å². The molecule has 1 N–H and O–H groups in total. The summed E-state index contributed by atoms with van der Waals surface area (Å²) in [7, 11) is -3.61. The summed E-state index contributed by atoms with van der Waals surface area (Å²) in [5, 5.41) is 2.85. The van der Waals surface area contributed by atoms with Crippen LogP contribution in [0.1, 0.15) is 30.0 Å². The van der Waals surface area contributed by atoms with Gasteiger partial charge in [0, 0.05) is 6.54 Å². The molecule has 0 aliphatic heterocycles. The molecule has 26 heavy (non-hydrogen) atoms. The van der Waals surface area contributed by atoms with Gasteiger partial charge in [0.05, 0.1) is 11.9 Å². The second kappa shape index (κ2) is 8.36. The Hall–Kier alpha value is -2.34. The standard InChI is InChI=1S/C20H26N2O3S/c1-5-19(20(23)21-14-17-9-7-6-8-10-17)22(26(4,24)25)18-12-11-15(2)16(3)13-18/h6-13,19H,5,14H2,1-4H3,(H,21,23). The normalized spacial score (nSPS) is 12.5. The van der Waals surface area contributed by atoms with Crippen LogP contribution in [0.3, 0.4) is 0 Å². The number of sulfonamides is 1. The summed E-state index contributed by atoms with van der Waals surface area (Å²) < 4.78 is 26.1. The van der Waals surface area contributed by atoms with Crippen molar-refractivity contribution >= 4 is 21.6 Å². The van der Waals surface area contributed by atoms with Gasteiger partial charge < -0.3 is 5.32 Å². The van der Waals surface area contributed by atoms with Crippen molar-refractivity contribution in [3.63, 3.8) is 0 Å². The highest BCUT2D eigenvalue weighted by Gasteiger charge is 2.31. The van der Waals surface area contributed by atoms with E-state index < -0.39 is 16.1 Å². The van der Waals surface area contributed by atoms with Gasteiger partial charge in [-0.3, -0.25) is 9.10 Å². The summed E-state index contributed by atoms with van der Waals surface area (Å²) in [6, 6.07) is 14.2. The lowest BCUT2D eigenvalue weighted by Gasteiger charge is -2.30. The van der Waals surface area contributed by atoms with Crippen molar-refractivity contribution in [1.29, 1.82) is 0 Å². The summed E-state index contributed by atoms with van der Waals surface area (Å²) in [6.45, 7) is 6.07. The van der Waals surface area contributed by atoms with Gasteiger partial charge in [-0.05, 0) is 49.1 Å². The molecule has 0 heterocycles. The number of nitrogens with zero attached hydrogens (tertiary/aromatic N) is 1. The van der Waals surface area contributed by atoms with Crippen LogP contribution in [-0.4, -0.2) is 26.6 Å². The molecule has 0 fully saturated rings. The van der Waals surface area contributed by atoms with Gasteiger partial charge in [0.1, 0.15) is 6.04 Å². The maximum atomic E-state index is 12.7. The molecular formula is C20H26N2O3S. The van der Waals surface area contributed by atoms with Gasteiger partial charge in [0.15, 0.2) is 0 Å². The van der Waals surface area contributed by atoms with Crippen LogP contribution < -0.4 is 9.62 Å². The van der Waals surface area contributed by atoms with E-state index in [0.717, 1.165) is 22.9 Å². The van der Waals surface area contributed by atoms with Crippen molar-refractivity contribution in [2.75, 3.05) is 10.6 Å². The number of benzene rings is 2. The van der Waals surface area contributed by atoms with Gasteiger partial charge in [-0.2, -0.15) is 0 Å². The van der Waals surface area contributed by atoms with Crippen molar-refractivity contribution in [2.24, 2.45) is 0 Å². The van der Waals surface area contributed by atoms with Crippen LogP contribution in [-0.2, 0) is 21.4 Å². The number of carbonyl (C=O) groups is 1. The molecule has 0 spiro atoms. The molecule has 140 valence electrons. The van der Waals surface area contributed by atoms with Gasteiger partial charge in [-0.15, -0.1) is 0 Å². The highest BCUT2D eigenvalue weighted by atomic mass is 32.2. The predicted octanol–water partition coefficient (Wildman–Crippen LogP) is 3.16. The fourth-order valence-electron chi connectivity index (χ4n) is 2.83. The molecule has 1 amide bonds. The minimum atomic E-state index is -3.61. The molecule has 0 radical (unpaired) electrons. The maximum Gasteiger partial charge on any atom is 0.244 e. The second-order valence-corrected chi connectivity index (χ2v) is 8.31. The largest absolute Gasteiger partial charge is 0.350 e. The lowest BCUT2D eigenvalue weighted by Crippen LogP contribution is -2.49. The number of aryl methyl sites for hydroxylation is 2. The van der Waals surface area contributed by atoms with Gasteiger partial charge in [0.2, 0.25) is 15.9 Å². The van der Waals surface area contributed by atoms with Crippen molar-refractivity contribution in [2.45, 2.75) is 39.8 Å². The minimum absolute atomic E-state index is 0.306. The van der Waals surface area contributed by atoms with E-state index in [-0.39, 0.29) is 5.91 Å². The van der Waals surface area contributed by atoms with Crippen LogP contribution in [0.5, 0.6) is 0 Å². The van der Waals surface area contributed by atoms with Gasteiger partial charge in [-0.1, -0.05) is 43.3 Å². The summed E-state index contributed by atoms with van der Waals surface area (Å²) in [4.78, 5) is 12.7. The number of anilines is 1. The molecule has 1 unspecified atom stereocenters. The molecule has 2 aromatic rings. The van der Waals surface area contributed by atoms with Crippen LogP contribution in [0.2, 0.25) is 0 Å². The number of amides is 1. The zero-order valence-corrected chi connectivity index (χ0v) is 16.5. The number of hydrogen-bond donors (Lipinski definition) is 1. The smallest absolute Gasteiger partial charge is 0.244 e. The molecule has 0 saturated heterocycles. The van der Waals surface area contributed by atoms with E-state index in [2.05, 4.69) is 5.32 Å². The van der Waals surface area contributed by atoms with Crippen LogP contribution in [0.25, 0.3) is 0 Å². The third-order valence-electron chi connectivity index (χ3n) is 4.38. The number of carbonyl (C=O) groups excluding carboxylic acids is 1. The molecular weight excluding hydrogens is 348 g/mol. The van der Waals surface area contributed by atoms with E-state index in [1.54, 1.807) is 6.07 Å². The average Bonchev–Trinajstić information content (AvgIpc) is 2.60. The number of hydrogen-bond acceptors (Lipinski definition) is 3. The zero-order chi connectivity index (χ0) is 19.3. The van der Waals surface area contributed by atoms with E-state index in [9.17, 15) is 13.2 Å². The molecule has 1 atom stereocenters. The van der Waals surface area contributed by atoms with Crippen molar-refractivity contribution in [3.05, 3.63) is 65.2 Å². The molecule has 0 aliphatic rings. The number of nitrogens with one attached hydrogen (secondary N) is 1. The van der Waals surface area contributed by atoms with Crippen LogP contribution in [0.4, 0.5) is 5.69 Å². The fourth-order valence-corrected chi connectivity index (χ4v) is 4.03. The first kappa shape index (κ1) is 20.0. The molecule has 0 saturated carbocycles.